The van der Waals surface area contributed by atoms with E-state index in [1.807, 2.05) is 61.7 Å². The minimum atomic E-state index is -0.659. The average Bonchev–Trinajstić information content (AvgIpc) is 3.19. The van der Waals surface area contributed by atoms with Crippen LogP contribution in [0, 0.1) is 0 Å². The molecule has 162 valence electrons. The van der Waals surface area contributed by atoms with Gasteiger partial charge in [-0.2, -0.15) is 0 Å². The smallest absolute Gasteiger partial charge is 0.245 e. The summed E-state index contributed by atoms with van der Waals surface area (Å²) in [7, 11) is 0. The van der Waals surface area contributed by atoms with Crippen molar-refractivity contribution in [1.82, 2.24) is 15.2 Å². The topological polar surface area (TPSA) is 83.7 Å². The predicted octanol–water partition coefficient (Wildman–Crippen LogP) is 2.90. The summed E-state index contributed by atoms with van der Waals surface area (Å²) in [5.41, 5.74) is 2.00. The number of ether oxygens (including phenoxy) is 2. The zero-order chi connectivity index (χ0) is 21.8. The van der Waals surface area contributed by atoms with E-state index in [0.717, 1.165) is 16.5 Å². The van der Waals surface area contributed by atoms with Gasteiger partial charge in [0, 0.05) is 37.0 Å². The summed E-state index contributed by atoms with van der Waals surface area (Å²) in [4.78, 5) is 30.2. The predicted molar refractivity (Wildman–Crippen MR) is 118 cm³/mol. The lowest BCUT2D eigenvalue weighted by molar-refractivity contribution is -0.137. The highest BCUT2D eigenvalue weighted by molar-refractivity contribution is 5.89. The summed E-state index contributed by atoms with van der Waals surface area (Å²) in [5.74, 6) is 1.02. The molecular formula is C24H27N3O4. The molecule has 0 bridgehead atoms. The van der Waals surface area contributed by atoms with Crippen LogP contribution in [0.3, 0.4) is 0 Å². The Balaban J connectivity index is 1.49. The summed E-state index contributed by atoms with van der Waals surface area (Å²) in [5, 5.41) is 3.88. The number of para-hydroxylation sites is 3. The van der Waals surface area contributed by atoms with Crippen molar-refractivity contribution >= 4 is 22.7 Å². The maximum absolute atomic E-state index is 13.4. The van der Waals surface area contributed by atoms with Gasteiger partial charge in [0.2, 0.25) is 11.8 Å². The first-order chi connectivity index (χ1) is 15.0. The molecule has 1 aromatic heterocycles. The first-order valence-corrected chi connectivity index (χ1v) is 10.5. The first-order valence-electron chi connectivity index (χ1n) is 10.5. The number of benzene rings is 2. The maximum atomic E-state index is 13.4. The fraction of sp³-hybridized carbons (Fsp3) is 0.333. The monoisotopic (exact) mass is 421 g/mol. The van der Waals surface area contributed by atoms with E-state index in [1.165, 1.54) is 6.92 Å². The van der Waals surface area contributed by atoms with Crippen molar-refractivity contribution in [3.05, 3.63) is 60.3 Å². The van der Waals surface area contributed by atoms with Crippen molar-refractivity contribution in [2.24, 2.45) is 0 Å². The van der Waals surface area contributed by atoms with Crippen molar-refractivity contribution in [1.29, 1.82) is 0 Å². The minimum absolute atomic E-state index is 0.134. The third-order valence-electron chi connectivity index (χ3n) is 5.46. The summed E-state index contributed by atoms with van der Waals surface area (Å²) in [6, 6.07) is 14.8. The third kappa shape index (κ3) is 4.66. The van der Waals surface area contributed by atoms with Gasteiger partial charge in [0.05, 0.1) is 6.54 Å². The van der Waals surface area contributed by atoms with Crippen LogP contribution in [-0.2, 0) is 16.0 Å². The Labute approximate surface area is 181 Å². The van der Waals surface area contributed by atoms with E-state index in [-0.39, 0.29) is 17.9 Å². The molecule has 1 aliphatic heterocycles. The SMILES string of the molecule is CCN(C[C@H]1COc2ccccc2O1)C(=O)[C@@H](Cc1c[nH]c2ccccc12)NC(C)=O. The Bertz CT molecular complexity index is 1080. The molecule has 0 saturated carbocycles. The summed E-state index contributed by atoms with van der Waals surface area (Å²) in [6.07, 6.45) is 2.03. The molecule has 2 N–H and O–H groups in total. The number of amides is 2. The van der Waals surface area contributed by atoms with E-state index < -0.39 is 6.04 Å². The fourth-order valence-electron chi connectivity index (χ4n) is 3.96. The second-order valence-corrected chi connectivity index (χ2v) is 7.69. The lowest BCUT2D eigenvalue weighted by atomic mass is 10.0. The van der Waals surface area contributed by atoms with Crippen molar-refractivity contribution in [2.75, 3.05) is 19.7 Å². The van der Waals surface area contributed by atoms with Crippen LogP contribution in [0.4, 0.5) is 0 Å². The number of H-pyrrole nitrogens is 1. The number of carbonyl (C=O) groups is 2. The molecule has 3 aromatic rings. The lowest BCUT2D eigenvalue weighted by Gasteiger charge is -2.32. The van der Waals surface area contributed by atoms with Gasteiger partial charge in [-0.3, -0.25) is 9.59 Å². The molecule has 2 amide bonds. The zero-order valence-electron chi connectivity index (χ0n) is 17.8. The summed E-state index contributed by atoms with van der Waals surface area (Å²) in [6.45, 7) is 4.61. The number of rotatable bonds is 7. The second-order valence-electron chi connectivity index (χ2n) is 7.69. The highest BCUT2D eigenvalue weighted by atomic mass is 16.6. The van der Waals surface area contributed by atoms with Gasteiger partial charge < -0.3 is 24.7 Å². The molecule has 2 heterocycles. The van der Waals surface area contributed by atoms with Crippen molar-refractivity contribution in [3.63, 3.8) is 0 Å². The number of hydrogen-bond acceptors (Lipinski definition) is 4. The second kappa shape index (κ2) is 9.12. The maximum Gasteiger partial charge on any atom is 0.245 e. The molecule has 7 nitrogen and oxygen atoms in total. The van der Waals surface area contributed by atoms with Gasteiger partial charge in [0.25, 0.3) is 0 Å². The molecule has 31 heavy (non-hydrogen) atoms. The quantitative estimate of drug-likeness (QED) is 0.615. The Morgan fingerprint density at radius 1 is 1.16 bits per heavy atom. The number of aromatic amines is 1. The van der Waals surface area contributed by atoms with Gasteiger partial charge >= 0.3 is 0 Å². The van der Waals surface area contributed by atoms with Crippen molar-refractivity contribution < 1.29 is 19.1 Å². The molecule has 1 aliphatic rings. The van der Waals surface area contributed by atoms with Crippen LogP contribution in [-0.4, -0.2) is 53.5 Å². The molecule has 2 aromatic carbocycles. The Kier molecular flexibility index (Phi) is 6.11. The van der Waals surface area contributed by atoms with Crippen LogP contribution < -0.4 is 14.8 Å². The largest absolute Gasteiger partial charge is 0.486 e. The number of fused-ring (bicyclic) bond motifs is 2. The van der Waals surface area contributed by atoms with Crippen LogP contribution in [0.5, 0.6) is 11.5 Å². The first kappa shape index (κ1) is 20.8. The Morgan fingerprint density at radius 3 is 2.68 bits per heavy atom. The summed E-state index contributed by atoms with van der Waals surface area (Å²) >= 11 is 0. The number of hydrogen-bond donors (Lipinski definition) is 2. The van der Waals surface area contributed by atoms with Crippen LogP contribution >= 0.6 is 0 Å². The van der Waals surface area contributed by atoms with E-state index in [4.69, 9.17) is 9.47 Å². The highest BCUT2D eigenvalue weighted by Gasteiger charge is 2.29. The molecule has 2 atom stereocenters. The highest BCUT2D eigenvalue weighted by Crippen LogP contribution is 2.31. The van der Waals surface area contributed by atoms with Crippen molar-refractivity contribution in [3.8, 4) is 11.5 Å². The van der Waals surface area contributed by atoms with Gasteiger partial charge in [-0.05, 0) is 30.7 Å². The van der Waals surface area contributed by atoms with Gasteiger partial charge in [-0.15, -0.1) is 0 Å². The molecule has 0 radical (unpaired) electrons. The van der Waals surface area contributed by atoms with Crippen molar-refractivity contribution in [2.45, 2.75) is 32.4 Å². The van der Waals surface area contributed by atoms with Gasteiger partial charge in [-0.1, -0.05) is 30.3 Å². The Hall–Kier alpha value is -3.48. The molecule has 4 rings (SSSR count). The zero-order valence-corrected chi connectivity index (χ0v) is 17.8. The standard InChI is InChI=1S/C24H27N3O4/c1-3-27(14-18-15-30-22-10-6-7-11-23(22)31-18)24(29)21(26-16(2)28)12-17-13-25-20-9-5-4-8-19(17)20/h4-11,13,18,21,25H,3,12,14-15H2,1-2H3,(H,26,28)/t18-,21+/m0/s1. The number of nitrogens with one attached hydrogen (secondary N) is 2. The molecule has 0 fully saturated rings. The number of aromatic nitrogens is 1. The van der Waals surface area contributed by atoms with E-state index >= 15 is 0 Å². The van der Waals surface area contributed by atoms with Crippen LogP contribution in [0.15, 0.2) is 54.7 Å². The summed E-state index contributed by atoms with van der Waals surface area (Å²) < 4.78 is 11.8. The number of likely N-dealkylation sites (N-methyl/N-ethyl adjacent to an activating group) is 1. The van der Waals surface area contributed by atoms with Crippen LogP contribution in [0.2, 0.25) is 0 Å². The molecule has 0 spiro atoms. The molecule has 0 aliphatic carbocycles. The Morgan fingerprint density at radius 2 is 1.90 bits per heavy atom. The number of nitrogens with zero attached hydrogens (tertiary/aromatic N) is 1. The van der Waals surface area contributed by atoms with Crippen LogP contribution in [0.1, 0.15) is 19.4 Å². The molecular weight excluding hydrogens is 394 g/mol. The van der Waals surface area contributed by atoms with E-state index in [2.05, 4.69) is 10.3 Å². The van der Waals surface area contributed by atoms with Gasteiger partial charge in [0.1, 0.15) is 12.6 Å². The molecule has 7 heteroatoms. The third-order valence-corrected chi connectivity index (χ3v) is 5.46. The van der Waals surface area contributed by atoms with Gasteiger partial charge in [0.15, 0.2) is 17.6 Å². The van der Waals surface area contributed by atoms with E-state index in [1.54, 1.807) is 4.90 Å². The lowest BCUT2D eigenvalue weighted by Crippen LogP contribution is -2.52. The fourth-order valence-corrected chi connectivity index (χ4v) is 3.96. The minimum Gasteiger partial charge on any atom is -0.486 e. The van der Waals surface area contributed by atoms with Gasteiger partial charge in [-0.25, -0.2) is 0 Å². The molecule has 0 saturated heterocycles. The average molecular weight is 421 g/mol. The number of carbonyl (C=O) groups excluding carboxylic acids is 2. The molecule has 0 unspecified atom stereocenters. The van der Waals surface area contributed by atoms with E-state index in [9.17, 15) is 9.59 Å². The van der Waals surface area contributed by atoms with E-state index in [0.29, 0.717) is 37.6 Å². The normalized spacial score (nSPS) is 16.0. The van der Waals surface area contributed by atoms with Crippen LogP contribution in [0.25, 0.3) is 10.9 Å².